The summed E-state index contributed by atoms with van der Waals surface area (Å²) in [6, 6.07) is 6.56. The number of nitrogens with zero attached hydrogens (tertiary/aromatic N) is 3. The third-order valence-corrected chi connectivity index (χ3v) is 3.23. The van der Waals surface area contributed by atoms with Crippen molar-refractivity contribution in [3.63, 3.8) is 0 Å². The van der Waals surface area contributed by atoms with Crippen molar-refractivity contribution in [2.75, 3.05) is 6.26 Å². The summed E-state index contributed by atoms with van der Waals surface area (Å²) in [5, 5.41) is 11.6. The summed E-state index contributed by atoms with van der Waals surface area (Å²) in [5.41, 5.74) is 1.77. The van der Waals surface area contributed by atoms with Crippen molar-refractivity contribution in [3.05, 3.63) is 40.6 Å². The zero-order chi connectivity index (χ0) is 12.4. The molecule has 0 radical (unpaired) electrons. The molecule has 0 atom stereocenters. The van der Waals surface area contributed by atoms with Crippen LogP contribution in [0.25, 0.3) is 11.3 Å². The normalized spacial score (nSPS) is 10.5. The minimum Gasteiger partial charge on any atom is -0.322 e. The first-order valence-corrected chi connectivity index (χ1v) is 6.16. The van der Waals surface area contributed by atoms with Crippen molar-refractivity contribution in [1.29, 1.82) is 0 Å². The van der Waals surface area contributed by atoms with Gasteiger partial charge in [0.05, 0.1) is 16.8 Å². The summed E-state index contributed by atoms with van der Waals surface area (Å²) in [4.78, 5) is 14.6. The predicted octanol–water partition coefficient (Wildman–Crippen LogP) is 2.72. The Balaban J connectivity index is 2.49. The van der Waals surface area contributed by atoms with Crippen molar-refractivity contribution in [2.24, 2.45) is 7.05 Å². The molecule has 2 rings (SSSR count). The standard InChI is InChI=1S/C11H11N3O2S/c1-13-10(7-12-11(13)17-2)8-4-3-5-9(6-8)14(15)16/h3-7H,1-2H3. The third-order valence-electron chi connectivity index (χ3n) is 2.48. The summed E-state index contributed by atoms with van der Waals surface area (Å²) in [5.74, 6) is 0. The molecule has 0 aliphatic rings. The highest BCUT2D eigenvalue weighted by atomic mass is 32.2. The van der Waals surface area contributed by atoms with Gasteiger partial charge >= 0.3 is 0 Å². The third kappa shape index (κ3) is 2.16. The molecule has 0 fully saturated rings. The summed E-state index contributed by atoms with van der Waals surface area (Å²) >= 11 is 1.54. The monoisotopic (exact) mass is 249 g/mol. The molecule has 0 unspecified atom stereocenters. The molecule has 1 aromatic carbocycles. The number of benzene rings is 1. The van der Waals surface area contributed by atoms with E-state index in [2.05, 4.69) is 4.98 Å². The fourth-order valence-corrected chi connectivity index (χ4v) is 2.16. The maximum absolute atomic E-state index is 10.7. The van der Waals surface area contributed by atoms with Crippen LogP contribution in [0.5, 0.6) is 0 Å². The van der Waals surface area contributed by atoms with E-state index in [9.17, 15) is 10.1 Å². The van der Waals surface area contributed by atoms with Crippen LogP contribution in [0, 0.1) is 10.1 Å². The Bertz CT molecular complexity index is 566. The van der Waals surface area contributed by atoms with Crippen LogP contribution < -0.4 is 0 Å². The lowest BCUT2D eigenvalue weighted by molar-refractivity contribution is -0.384. The summed E-state index contributed by atoms with van der Waals surface area (Å²) < 4.78 is 1.92. The molecule has 0 saturated carbocycles. The van der Waals surface area contributed by atoms with E-state index in [0.717, 1.165) is 16.4 Å². The maximum atomic E-state index is 10.7. The number of nitro groups is 1. The largest absolute Gasteiger partial charge is 0.322 e. The van der Waals surface area contributed by atoms with Crippen LogP contribution in [0.3, 0.4) is 0 Å². The van der Waals surface area contributed by atoms with Gasteiger partial charge in [0, 0.05) is 24.7 Å². The zero-order valence-electron chi connectivity index (χ0n) is 9.45. The number of hydrogen-bond donors (Lipinski definition) is 0. The molecule has 0 saturated heterocycles. The Kier molecular flexibility index (Phi) is 3.14. The van der Waals surface area contributed by atoms with E-state index in [4.69, 9.17) is 0 Å². The van der Waals surface area contributed by atoms with Gasteiger partial charge in [-0.25, -0.2) is 4.98 Å². The molecule has 0 bridgehead atoms. The number of nitro benzene ring substituents is 1. The zero-order valence-corrected chi connectivity index (χ0v) is 10.3. The molecule has 1 aromatic heterocycles. The van der Waals surface area contributed by atoms with E-state index >= 15 is 0 Å². The minimum absolute atomic E-state index is 0.0920. The van der Waals surface area contributed by atoms with Crippen molar-refractivity contribution in [3.8, 4) is 11.3 Å². The molecule has 17 heavy (non-hydrogen) atoms. The van der Waals surface area contributed by atoms with E-state index in [1.807, 2.05) is 23.9 Å². The van der Waals surface area contributed by atoms with Gasteiger partial charge in [-0.2, -0.15) is 0 Å². The Labute approximate surface area is 103 Å². The highest BCUT2D eigenvalue weighted by molar-refractivity contribution is 7.98. The van der Waals surface area contributed by atoms with Gasteiger partial charge < -0.3 is 4.57 Å². The molecule has 88 valence electrons. The lowest BCUT2D eigenvalue weighted by Gasteiger charge is -2.04. The highest BCUT2D eigenvalue weighted by Crippen LogP contribution is 2.26. The van der Waals surface area contributed by atoms with Crippen LogP contribution in [0.1, 0.15) is 0 Å². The van der Waals surface area contributed by atoms with Crippen molar-refractivity contribution >= 4 is 17.4 Å². The average Bonchev–Trinajstić information content (AvgIpc) is 2.70. The van der Waals surface area contributed by atoms with Crippen molar-refractivity contribution < 1.29 is 4.92 Å². The lowest BCUT2D eigenvalue weighted by atomic mass is 10.1. The fourth-order valence-electron chi connectivity index (χ4n) is 1.63. The number of thioether (sulfide) groups is 1. The minimum atomic E-state index is -0.394. The Morgan fingerprint density at radius 1 is 1.47 bits per heavy atom. The Morgan fingerprint density at radius 3 is 2.82 bits per heavy atom. The second kappa shape index (κ2) is 4.58. The van der Waals surface area contributed by atoms with E-state index < -0.39 is 4.92 Å². The molecule has 1 heterocycles. The van der Waals surface area contributed by atoms with Gasteiger partial charge in [-0.05, 0) is 6.26 Å². The van der Waals surface area contributed by atoms with Crippen molar-refractivity contribution in [2.45, 2.75) is 5.16 Å². The van der Waals surface area contributed by atoms with Gasteiger partial charge in [0.15, 0.2) is 5.16 Å². The topological polar surface area (TPSA) is 61.0 Å². The molecule has 0 aliphatic carbocycles. The molecule has 0 spiro atoms. The van der Waals surface area contributed by atoms with E-state index in [-0.39, 0.29) is 5.69 Å². The average molecular weight is 249 g/mol. The van der Waals surface area contributed by atoms with Crippen LogP contribution in [-0.4, -0.2) is 20.7 Å². The van der Waals surface area contributed by atoms with Crippen LogP contribution in [0.15, 0.2) is 35.6 Å². The molecule has 6 heteroatoms. The van der Waals surface area contributed by atoms with Gasteiger partial charge in [-0.3, -0.25) is 10.1 Å². The quantitative estimate of drug-likeness (QED) is 0.476. The second-order valence-electron chi connectivity index (χ2n) is 3.50. The summed E-state index contributed by atoms with van der Waals surface area (Å²) in [7, 11) is 1.90. The molecule has 0 amide bonds. The van der Waals surface area contributed by atoms with Crippen LogP contribution in [0.4, 0.5) is 5.69 Å². The lowest BCUT2D eigenvalue weighted by Crippen LogP contribution is -1.94. The number of aromatic nitrogens is 2. The van der Waals surface area contributed by atoms with Crippen LogP contribution >= 0.6 is 11.8 Å². The van der Waals surface area contributed by atoms with E-state index in [1.165, 1.54) is 17.8 Å². The predicted molar refractivity (Wildman–Crippen MR) is 67.1 cm³/mol. The fraction of sp³-hybridized carbons (Fsp3) is 0.182. The van der Waals surface area contributed by atoms with Gasteiger partial charge in [-0.1, -0.05) is 23.9 Å². The number of hydrogen-bond acceptors (Lipinski definition) is 4. The van der Waals surface area contributed by atoms with Gasteiger partial charge in [0.2, 0.25) is 0 Å². The molecule has 5 nitrogen and oxygen atoms in total. The van der Waals surface area contributed by atoms with Crippen LogP contribution in [0.2, 0.25) is 0 Å². The summed E-state index contributed by atoms with van der Waals surface area (Å²) in [6.07, 6.45) is 3.67. The molecule has 0 aliphatic heterocycles. The van der Waals surface area contributed by atoms with E-state index in [1.54, 1.807) is 18.3 Å². The first-order chi connectivity index (χ1) is 8.13. The first kappa shape index (κ1) is 11.7. The van der Waals surface area contributed by atoms with Gasteiger partial charge in [0.25, 0.3) is 5.69 Å². The first-order valence-electron chi connectivity index (χ1n) is 4.94. The van der Waals surface area contributed by atoms with Gasteiger partial charge in [-0.15, -0.1) is 0 Å². The summed E-state index contributed by atoms with van der Waals surface area (Å²) in [6.45, 7) is 0. The van der Waals surface area contributed by atoms with Crippen LogP contribution in [-0.2, 0) is 7.05 Å². The maximum Gasteiger partial charge on any atom is 0.270 e. The smallest absolute Gasteiger partial charge is 0.270 e. The Hall–Kier alpha value is -1.82. The number of rotatable bonds is 3. The SMILES string of the molecule is CSc1ncc(-c2cccc([N+](=O)[O-])c2)n1C. The molecule has 0 N–H and O–H groups in total. The molecule has 2 aromatic rings. The molecular formula is C11H11N3O2S. The number of imidazole rings is 1. The van der Waals surface area contributed by atoms with Gasteiger partial charge in [0.1, 0.15) is 0 Å². The van der Waals surface area contributed by atoms with E-state index in [0.29, 0.717) is 0 Å². The number of non-ortho nitro benzene ring substituents is 1. The van der Waals surface area contributed by atoms with Crippen molar-refractivity contribution in [1.82, 2.24) is 9.55 Å². The highest BCUT2D eigenvalue weighted by Gasteiger charge is 2.11. The second-order valence-corrected chi connectivity index (χ2v) is 4.27. The Morgan fingerprint density at radius 2 is 2.24 bits per heavy atom. The molecular weight excluding hydrogens is 238 g/mol.